The number of alkyl halides is 2. The monoisotopic (exact) mass is 329 g/mol. The Hall–Kier alpha value is -0.570. The van der Waals surface area contributed by atoms with Crippen molar-refractivity contribution in [1.29, 1.82) is 0 Å². The first kappa shape index (κ1) is 15.4. The molecule has 0 aliphatic rings. The second kappa shape index (κ2) is 9.64. The van der Waals surface area contributed by atoms with Crippen LogP contribution in [0, 0.1) is 6.92 Å². The number of halogens is 1. The lowest BCUT2D eigenvalue weighted by Gasteiger charge is -1.98. The zero-order valence-electron chi connectivity index (χ0n) is 10.9. The molecule has 2 rings (SSSR count). The average Bonchev–Trinajstić information content (AvgIpc) is 2.33. The number of hydrogen-bond acceptors (Lipinski definition) is 0. The Kier molecular flexibility index (Phi) is 9.30. The molecule has 0 atom stereocenters. The highest BCUT2D eigenvalue weighted by Gasteiger charge is 1.92. The molecule has 16 heavy (non-hydrogen) atoms. The van der Waals surface area contributed by atoms with Crippen LogP contribution in [0.5, 0.6) is 0 Å². The summed E-state index contributed by atoms with van der Waals surface area (Å²) in [6.45, 7) is 6.14. The van der Waals surface area contributed by atoms with Crippen LogP contribution in [0.4, 0.5) is 0 Å². The van der Waals surface area contributed by atoms with Gasteiger partial charge in [0.15, 0.2) is 0 Å². The minimum atomic E-state index is 0.590. The lowest BCUT2D eigenvalue weighted by Crippen LogP contribution is -3.59. The molecular formula is C15H22I+. The van der Waals surface area contributed by atoms with Gasteiger partial charge in [0, 0.05) is 0 Å². The van der Waals surface area contributed by atoms with Crippen molar-refractivity contribution >= 4 is 10.8 Å². The largest absolute Gasteiger partial charge is 0.261 e. The van der Waals surface area contributed by atoms with Crippen LogP contribution in [-0.4, -0.2) is 9.86 Å². The average molecular weight is 329 g/mol. The predicted molar refractivity (Wildman–Crippen MR) is 71.9 cm³/mol. The van der Waals surface area contributed by atoms with Crippen LogP contribution >= 0.6 is 0 Å². The van der Waals surface area contributed by atoms with E-state index in [9.17, 15) is 0 Å². The van der Waals surface area contributed by atoms with Gasteiger partial charge in [-0.05, 0) is 23.3 Å². The summed E-state index contributed by atoms with van der Waals surface area (Å²) in [5.74, 6) is 0. The second-order valence-electron chi connectivity index (χ2n) is 3.17. The lowest BCUT2D eigenvalue weighted by atomic mass is 10.1. The first-order valence-corrected chi connectivity index (χ1v) is 9.89. The van der Waals surface area contributed by atoms with Gasteiger partial charge in [-0.1, -0.05) is 56.3 Å². The third-order valence-corrected chi connectivity index (χ3v) is 2.01. The van der Waals surface area contributed by atoms with Crippen molar-refractivity contribution in [2.75, 3.05) is 9.86 Å². The molecule has 0 bridgehead atoms. The summed E-state index contributed by atoms with van der Waals surface area (Å²) in [6.07, 6.45) is 0. The van der Waals surface area contributed by atoms with Gasteiger partial charge in [-0.25, -0.2) is 0 Å². The molecule has 0 heterocycles. The summed E-state index contributed by atoms with van der Waals surface area (Å²) < 4.78 is 0. The summed E-state index contributed by atoms with van der Waals surface area (Å²) in [5.41, 5.74) is 1.35. The van der Waals surface area contributed by atoms with Gasteiger partial charge in [0.25, 0.3) is 21.2 Å². The van der Waals surface area contributed by atoms with Gasteiger partial charge >= 0.3 is 0 Å². The molecule has 0 fully saturated rings. The Morgan fingerprint density at radius 1 is 0.812 bits per heavy atom. The van der Waals surface area contributed by atoms with E-state index in [1.165, 1.54) is 16.3 Å². The molecule has 0 saturated heterocycles. The zero-order chi connectivity index (χ0) is 12.4. The van der Waals surface area contributed by atoms with Crippen LogP contribution in [-0.2, 0) is 0 Å². The third-order valence-electron chi connectivity index (χ3n) is 2.01. The van der Waals surface area contributed by atoms with Crippen LogP contribution < -0.4 is 21.2 Å². The quantitative estimate of drug-likeness (QED) is 0.508. The summed E-state index contributed by atoms with van der Waals surface area (Å²) in [4.78, 5) is 4.47. The van der Waals surface area contributed by atoms with Crippen molar-refractivity contribution in [3.8, 4) is 0 Å². The lowest BCUT2D eigenvalue weighted by molar-refractivity contribution is -0.597. The van der Waals surface area contributed by atoms with E-state index in [0.29, 0.717) is 21.2 Å². The van der Waals surface area contributed by atoms with Crippen molar-refractivity contribution in [3.63, 3.8) is 0 Å². The van der Waals surface area contributed by atoms with E-state index in [1.807, 2.05) is 13.8 Å². The van der Waals surface area contributed by atoms with E-state index in [0.717, 1.165) is 0 Å². The van der Waals surface area contributed by atoms with Crippen molar-refractivity contribution in [2.24, 2.45) is 0 Å². The molecule has 1 heteroatoms. The maximum Gasteiger partial charge on any atom is 0.261 e. The second-order valence-corrected chi connectivity index (χ2v) is 5.33. The normalized spacial score (nSPS) is 8.56. The Morgan fingerprint density at radius 3 is 1.88 bits per heavy atom. The predicted octanol–water partition coefficient (Wildman–Crippen LogP) is 1.51. The van der Waals surface area contributed by atoms with Crippen LogP contribution in [0.2, 0.25) is 0 Å². The van der Waals surface area contributed by atoms with Crippen molar-refractivity contribution in [1.82, 2.24) is 0 Å². The highest BCUT2D eigenvalue weighted by atomic mass is 127. The molecule has 88 valence electrons. The molecular weight excluding hydrogens is 307 g/mol. The van der Waals surface area contributed by atoms with Gasteiger partial charge < -0.3 is 0 Å². The van der Waals surface area contributed by atoms with Gasteiger partial charge in [-0.2, -0.15) is 0 Å². The maximum absolute atomic E-state index is 2.24. The molecule has 0 spiro atoms. The Bertz CT molecular complexity index is 388. The van der Waals surface area contributed by atoms with Gasteiger partial charge in [-0.3, -0.25) is 0 Å². The first-order valence-electron chi connectivity index (χ1n) is 5.58. The number of fused-ring (bicyclic) bond motifs is 1. The van der Waals surface area contributed by atoms with Crippen molar-refractivity contribution in [2.45, 2.75) is 20.8 Å². The molecule has 0 amide bonds. The SMILES string of the molecule is CC.C[I+]C.Cc1cccc2ccccc12. The molecule has 0 nitrogen and oxygen atoms in total. The summed E-state index contributed by atoms with van der Waals surface area (Å²) in [6, 6.07) is 14.8. The molecule has 2 aromatic carbocycles. The molecule has 0 saturated carbocycles. The van der Waals surface area contributed by atoms with E-state index in [2.05, 4.69) is 59.2 Å². The molecule has 0 unspecified atom stereocenters. The third kappa shape index (κ3) is 4.97. The molecule has 2 aromatic rings. The Balaban J connectivity index is 0.000000394. The smallest absolute Gasteiger partial charge is 0.0683 e. The highest BCUT2D eigenvalue weighted by Crippen LogP contribution is 2.16. The molecule has 0 radical (unpaired) electrons. The molecule has 0 N–H and O–H groups in total. The number of aryl methyl sites for hydroxylation is 1. The van der Waals surface area contributed by atoms with E-state index >= 15 is 0 Å². The Morgan fingerprint density at radius 2 is 1.31 bits per heavy atom. The van der Waals surface area contributed by atoms with Crippen LogP contribution in [0.25, 0.3) is 10.8 Å². The van der Waals surface area contributed by atoms with E-state index in [4.69, 9.17) is 0 Å². The van der Waals surface area contributed by atoms with Gasteiger partial charge in [0.1, 0.15) is 9.86 Å². The Labute approximate surface area is 110 Å². The number of rotatable bonds is 0. The highest BCUT2D eigenvalue weighted by molar-refractivity contribution is 5.85. The summed E-state index contributed by atoms with van der Waals surface area (Å²) >= 11 is 0.590. The van der Waals surface area contributed by atoms with Gasteiger partial charge in [-0.15, -0.1) is 0 Å². The minimum Gasteiger partial charge on any atom is -0.0683 e. The summed E-state index contributed by atoms with van der Waals surface area (Å²) in [5, 5.41) is 2.68. The van der Waals surface area contributed by atoms with Crippen LogP contribution in [0.15, 0.2) is 42.5 Å². The fourth-order valence-electron chi connectivity index (χ4n) is 1.39. The van der Waals surface area contributed by atoms with Gasteiger partial charge in [0.2, 0.25) is 0 Å². The maximum atomic E-state index is 2.24. The fourth-order valence-corrected chi connectivity index (χ4v) is 1.39. The van der Waals surface area contributed by atoms with Crippen molar-refractivity contribution in [3.05, 3.63) is 48.0 Å². The van der Waals surface area contributed by atoms with Crippen LogP contribution in [0.3, 0.4) is 0 Å². The molecule has 0 aromatic heterocycles. The topological polar surface area (TPSA) is 0 Å². The zero-order valence-corrected chi connectivity index (χ0v) is 13.1. The van der Waals surface area contributed by atoms with Gasteiger partial charge in [0.05, 0.1) is 0 Å². The van der Waals surface area contributed by atoms with E-state index in [1.54, 1.807) is 0 Å². The van der Waals surface area contributed by atoms with Crippen molar-refractivity contribution < 1.29 is 21.2 Å². The summed E-state index contributed by atoms with van der Waals surface area (Å²) in [7, 11) is 0. The number of hydrogen-bond donors (Lipinski definition) is 0. The minimum absolute atomic E-state index is 0.590. The van der Waals surface area contributed by atoms with E-state index in [-0.39, 0.29) is 0 Å². The van der Waals surface area contributed by atoms with E-state index < -0.39 is 0 Å². The number of benzene rings is 2. The van der Waals surface area contributed by atoms with Crippen LogP contribution in [0.1, 0.15) is 19.4 Å². The molecule has 0 aliphatic carbocycles. The molecule has 0 aliphatic heterocycles. The standard InChI is InChI=1S/C11H10.C2H6I.C2H6/c1-9-5-4-7-10-6-2-3-8-11(9)10;1-3-2;1-2/h2-8H,1H3;1-2H3;1-2H3/q;+1;. The fraction of sp³-hybridized carbons (Fsp3) is 0.333. The first-order chi connectivity index (χ1) is 7.79.